The van der Waals surface area contributed by atoms with E-state index in [4.69, 9.17) is 9.47 Å². The monoisotopic (exact) mass is 298 g/mol. The molecule has 2 nitrogen and oxygen atoms in total. The highest BCUT2D eigenvalue weighted by molar-refractivity contribution is 9.09. The highest BCUT2D eigenvalue weighted by Gasteiger charge is 2.27. The third kappa shape index (κ3) is 3.46. The molecule has 1 fully saturated rings. The van der Waals surface area contributed by atoms with Crippen molar-refractivity contribution >= 4 is 15.9 Å². The summed E-state index contributed by atoms with van der Waals surface area (Å²) >= 11 is 3.79. The van der Waals surface area contributed by atoms with E-state index >= 15 is 0 Å². The number of alkyl halides is 1. The van der Waals surface area contributed by atoms with Crippen LogP contribution in [0.5, 0.6) is 5.75 Å². The van der Waals surface area contributed by atoms with Crippen LogP contribution in [0.15, 0.2) is 24.3 Å². The van der Waals surface area contributed by atoms with Gasteiger partial charge in [-0.05, 0) is 43.4 Å². The molecule has 94 valence electrons. The van der Waals surface area contributed by atoms with Crippen LogP contribution < -0.4 is 4.74 Å². The van der Waals surface area contributed by atoms with E-state index < -0.39 is 0 Å². The minimum absolute atomic E-state index is 0.413. The molecule has 17 heavy (non-hydrogen) atoms. The van der Waals surface area contributed by atoms with Gasteiger partial charge in [-0.3, -0.25) is 0 Å². The smallest absolute Gasteiger partial charge is 0.118 e. The van der Waals surface area contributed by atoms with Crippen LogP contribution in [0, 0.1) is 5.92 Å². The van der Waals surface area contributed by atoms with Crippen LogP contribution in [-0.2, 0) is 11.2 Å². The van der Waals surface area contributed by atoms with Crippen molar-refractivity contribution in [1.82, 2.24) is 0 Å². The first-order valence-corrected chi connectivity index (χ1v) is 6.99. The van der Waals surface area contributed by atoms with Gasteiger partial charge in [0, 0.05) is 4.83 Å². The van der Waals surface area contributed by atoms with Crippen LogP contribution in [0.1, 0.15) is 18.9 Å². The Balaban J connectivity index is 1.91. The molecule has 0 aliphatic carbocycles. The summed E-state index contributed by atoms with van der Waals surface area (Å²) in [6.07, 6.45) is 2.62. The minimum atomic E-state index is 0.413. The van der Waals surface area contributed by atoms with Gasteiger partial charge in [0.05, 0.1) is 19.8 Å². The Labute approximate surface area is 111 Å². The molecule has 1 aromatic rings. The SMILES string of the molecule is COc1ccc(CC(Br)C2COC(C)C2)cc1. The Morgan fingerprint density at radius 3 is 2.65 bits per heavy atom. The summed E-state index contributed by atoms with van der Waals surface area (Å²) in [5.41, 5.74) is 1.34. The number of halogens is 1. The van der Waals surface area contributed by atoms with E-state index in [1.807, 2.05) is 12.1 Å². The third-order valence-corrected chi connectivity index (χ3v) is 4.40. The molecule has 0 amide bonds. The van der Waals surface area contributed by atoms with Crippen molar-refractivity contribution in [2.45, 2.75) is 30.7 Å². The Kier molecular flexibility index (Phi) is 4.46. The van der Waals surface area contributed by atoms with Crippen molar-refractivity contribution in [3.05, 3.63) is 29.8 Å². The van der Waals surface area contributed by atoms with Crippen molar-refractivity contribution in [3.8, 4) is 5.75 Å². The zero-order valence-electron chi connectivity index (χ0n) is 10.4. The highest BCUT2D eigenvalue weighted by Crippen LogP contribution is 2.29. The molecule has 0 spiro atoms. The Morgan fingerprint density at radius 1 is 1.41 bits per heavy atom. The quantitative estimate of drug-likeness (QED) is 0.793. The van der Waals surface area contributed by atoms with Crippen LogP contribution in [0.3, 0.4) is 0 Å². The average Bonchev–Trinajstić information content (AvgIpc) is 2.77. The van der Waals surface area contributed by atoms with Gasteiger partial charge < -0.3 is 9.47 Å². The maximum absolute atomic E-state index is 5.61. The summed E-state index contributed by atoms with van der Waals surface area (Å²) in [5, 5.41) is 0. The fourth-order valence-electron chi connectivity index (χ4n) is 2.26. The second-order valence-corrected chi connectivity index (χ2v) is 5.88. The fraction of sp³-hybridized carbons (Fsp3) is 0.571. The average molecular weight is 299 g/mol. The lowest BCUT2D eigenvalue weighted by Crippen LogP contribution is -2.17. The molecular weight excluding hydrogens is 280 g/mol. The maximum atomic E-state index is 5.61. The molecule has 1 aliphatic rings. The van der Waals surface area contributed by atoms with Crippen LogP contribution in [0.2, 0.25) is 0 Å². The molecule has 3 unspecified atom stereocenters. The molecule has 1 aliphatic heterocycles. The topological polar surface area (TPSA) is 18.5 Å². The molecule has 1 aromatic carbocycles. The number of hydrogen-bond donors (Lipinski definition) is 0. The summed E-state index contributed by atoms with van der Waals surface area (Å²) in [6.45, 7) is 3.03. The summed E-state index contributed by atoms with van der Waals surface area (Å²) in [4.78, 5) is 0.501. The van der Waals surface area contributed by atoms with Gasteiger partial charge in [-0.15, -0.1) is 0 Å². The molecule has 0 aromatic heterocycles. The number of benzene rings is 1. The van der Waals surface area contributed by atoms with Gasteiger partial charge in [0.15, 0.2) is 0 Å². The number of rotatable bonds is 4. The van der Waals surface area contributed by atoms with E-state index in [2.05, 4.69) is 35.0 Å². The minimum Gasteiger partial charge on any atom is -0.497 e. The van der Waals surface area contributed by atoms with Gasteiger partial charge in [0.2, 0.25) is 0 Å². The molecule has 0 saturated carbocycles. The second-order valence-electron chi connectivity index (χ2n) is 4.71. The molecule has 0 N–H and O–H groups in total. The van der Waals surface area contributed by atoms with E-state index in [0.29, 0.717) is 16.8 Å². The molecule has 3 heteroatoms. The van der Waals surface area contributed by atoms with Crippen molar-refractivity contribution in [2.24, 2.45) is 5.92 Å². The first-order chi connectivity index (χ1) is 8.19. The fourth-order valence-corrected chi connectivity index (χ4v) is 3.00. The standard InChI is InChI=1S/C14H19BrO2/c1-10-7-12(9-17-10)14(15)8-11-3-5-13(16-2)6-4-11/h3-6,10,12,14H,7-9H2,1-2H3. The molecule has 1 saturated heterocycles. The van der Waals surface area contributed by atoms with E-state index in [1.165, 1.54) is 5.56 Å². The summed E-state index contributed by atoms with van der Waals surface area (Å²) in [7, 11) is 1.69. The zero-order chi connectivity index (χ0) is 12.3. The van der Waals surface area contributed by atoms with Crippen LogP contribution >= 0.6 is 15.9 Å². The van der Waals surface area contributed by atoms with Crippen molar-refractivity contribution < 1.29 is 9.47 Å². The van der Waals surface area contributed by atoms with Crippen molar-refractivity contribution in [3.63, 3.8) is 0 Å². The van der Waals surface area contributed by atoms with Gasteiger partial charge in [-0.25, -0.2) is 0 Å². The lowest BCUT2D eigenvalue weighted by Gasteiger charge is -2.16. The van der Waals surface area contributed by atoms with Crippen LogP contribution in [0.4, 0.5) is 0 Å². The lowest BCUT2D eigenvalue weighted by molar-refractivity contribution is 0.120. The summed E-state index contributed by atoms with van der Waals surface area (Å²) < 4.78 is 10.8. The Bertz CT molecular complexity index is 350. The summed E-state index contributed by atoms with van der Waals surface area (Å²) in [6, 6.07) is 8.30. The maximum Gasteiger partial charge on any atom is 0.118 e. The van der Waals surface area contributed by atoms with Crippen molar-refractivity contribution in [2.75, 3.05) is 13.7 Å². The predicted octanol–water partition coefficient (Wildman–Crippen LogP) is 3.43. The lowest BCUT2D eigenvalue weighted by atomic mass is 9.97. The van der Waals surface area contributed by atoms with Gasteiger partial charge in [-0.2, -0.15) is 0 Å². The van der Waals surface area contributed by atoms with E-state index in [9.17, 15) is 0 Å². The van der Waals surface area contributed by atoms with E-state index in [-0.39, 0.29) is 0 Å². The zero-order valence-corrected chi connectivity index (χ0v) is 11.9. The molecule has 3 atom stereocenters. The normalized spacial score (nSPS) is 25.8. The Morgan fingerprint density at radius 2 is 2.12 bits per heavy atom. The van der Waals surface area contributed by atoms with Crippen LogP contribution in [0.25, 0.3) is 0 Å². The van der Waals surface area contributed by atoms with E-state index in [1.54, 1.807) is 7.11 Å². The van der Waals surface area contributed by atoms with Crippen LogP contribution in [-0.4, -0.2) is 24.6 Å². The summed E-state index contributed by atoms with van der Waals surface area (Å²) in [5.74, 6) is 1.55. The van der Waals surface area contributed by atoms with Gasteiger partial charge in [0.25, 0.3) is 0 Å². The second kappa shape index (κ2) is 5.87. The van der Waals surface area contributed by atoms with E-state index in [0.717, 1.165) is 25.2 Å². The van der Waals surface area contributed by atoms with Gasteiger partial charge >= 0.3 is 0 Å². The van der Waals surface area contributed by atoms with Gasteiger partial charge in [0.1, 0.15) is 5.75 Å². The van der Waals surface area contributed by atoms with Crippen molar-refractivity contribution in [1.29, 1.82) is 0 Å². The first-order valence-electron chi connectivity index (χ1n) is 6.07. The molecule has 1 heterocycles. The molecule has 0 radical (unpaired) electrons. The number of ether oxygens (including phenoxy) is 2. The highest BCUT2D eigenvalue weighted by atomic mass is 79.9. The molecule has 2 rings (SSSR count). The number of methoxy groups -OCH3 is 1. The largest absolute Gasteiger partial charge is 0.497 e. The first kappa shape index (κ1) is 12.9. The predicted molar refractivity (Wildman–Crippen MR) is 72.9 cm³/mol. The third-order valence-electron chi connectivity index (χ3n) is 3.33. The number of hydrogen-bond acceptors (Lipinski definition) is 2. The molecule has 0 bridgehead atoms. The molecular formula is C14H19BrO2. The van der Waals surface area contributed by atoms with Gasteiger partial charge in [-0.1, -0.05) is 28.1 Å². The Hall–Kier alpha value is -0.540.